The Morgan fingerprint density at radius 1 is 1.24 bits per heavy atom. The summed E-state index contributed by atoms with van der Waals surface area (Å²) >= 11 is 0. The van der Waals surface area contributed by atoms with Gasteiger partial charge in [-0.05, 0) is 29.1 Å². The fourth-order valence-corrected chi connectivity index (χ4v) is 4.71. The molecule has 0 radical (unpaired) electrons. The van der Waals surface area contributed by atoms with Gasteiger partial charge in [-0.2, -0.15) is 0 Å². The molecule has 188 valence electrons. The lowest BCUT2D eigenvalue weighted by atomic mass is 9.86. The third kappa shape index (κ3) is 6.15. The minimum Gasteiger partial charge on any atom is -0.346 e. The maximum absolute atomic E-state index is 13.4. The van der Waals surface area contributed by atoms with Gasteiger partial charge in [-0.15, -0.1) is 19.0 Å². The molecule has 1 saturated heterocycles. The van der Waals surface area contributed by atoms with Crippen molar-refractivity contribution in [2.24, 2.45) is 28.4 Å². The van der Waals surface area contributed by atoms with Crippen LogP contribution in [0.5, 0.6) is 0 Å². The number of nitrogens with zero attached hydrogens (tertiary/aromatic N) is 1. The number of Topliss-reactive ketones (excluding diaryl/α,β-unsaturated/α-hetero) is 1. The van der Waals surface area contributed by atoms with Crippen molar-refractivity contribution in [3.05, 3.63) is 12.7 Å². The van der Waals surface area contributed by atoms with E-state index in [9.17, 15) is 19.2 Å². The Hall–Kier alpha value is -1.93. The van der Waals surface area contributed by atoms with Gasteiger partial charge in [-0.25, -0.2) is 0 Å². The zero-order valence-electron chi connectivity index (χ0n) is 20.8. The van der Waals surface area contributed by atoms with Crippen LogP contribution in [0.4, 0.5) is 0 Å². The number of carbonyl (C=O) groups excluding carboxylic acids is 4. The second kappa shape index (κ2) is 11.0. The summed E-state index contributed by atoms with van der Waals surface area (Å²) in [5.41, 5.74) is 5.73. The Morgan fingerprint density at radius 3 is 2.36 bits per heavy atom. The van der Waals surface area contributed by atoms with E-state index in [4.69, 9.17) is 5.73 Å². The molecule has 1 heterocycles. The van der Waals surface area contributed by atoms with E-state index in [-0.39, 0.29) is 48.0 Å². The van der Waals surface area contributed by atoms with Gasteiger partial charge >= 0.3 is 0 Å². The molecule has 0 aromatic heterocycles. The third-order valence-corrected chi connectivity index (χ3v) is 7.07. The molecule has 9 heteroatoms. The third-order valence-electron chi connectivity index (χ3n) is 7.07. The number of halogens is 1. The zero-order chi connectivity index (χ0) is 24.4. The van der Waals surface area contributed by atoms with Gasteiger partial charge < -0.3 is 21.3 Å². The van der Waals surface area contributed by atoms with Gasteiger partial charge in [-0.3, -0.25) is 19.2 Å². The number of hydrogen-bond donors (Lipinski definition) is 3. The van der Waals surface area contributed by atoms with Crippen LogP contribution in [-0.4, -0.2) is 59.6 Å². The van der Waals surface area contributed by atoms with E-state index >= 15 is 0 Å². The number of rotatable bonds is 10. The highest BCUT2D eigenvalue weighted by Gasteiger charge is 2.69. The summed E-state index contributed by atoms with van der Waals surface area (Å²) in [5, 5.41) is 5.28. The van der Waals surface area contributed by atoms with Gasteiger partial charge in [0.1, 0.15) is 6.04 Å². The van der Waals surface area contributed by atoms with Crippen LogP contribution in [0, 0.1) is 22.7 Å². The Bertz CT molecular complexity index is 777. The highest BCUT2D eigenvalue weighted by Crippen LogP contribution is 2.65. The molecule has 2 aliphatic rings. The molecule has 0 aromatic carbocycles. The summed E-state index contributed by atoms with van der Waals surface area (Å²) in [5.74, 6) is -1.83. The van der Waals surface area contributed by atoms with E-state index < -0.39 is 35.2 Å². The normalized spacial score (nSPS) is 24.6. The number of nitrogens with one attached hydrogen (secondary N) is 2. The van der Waals surface area contributed by atoms with Crippen molar-refractivity contribution in [2.45, 2.75) is 78.9 Å². The summed E-state index contributed by atoms with van der Waals surface area (Å²) in [7, 11) is 0. The average Bonchev–Trinajstić information content (AvgIpc) is 3.05. The molecule has 4 N–H and O–H groups in total. The predicted octanol–water partition coefficient (Wildman–Crippen LogP) is 1.81. The van der Waals surface area contributed by atoms with Crippen molar-refractivity contribution in [2.75, 3.05) is 13.1 Å². The minimum atomic E-state index is -0.929. The van der Waals surface area contributed by atoms with E-state index in [0.29, 0.717) is 19.4 Å². The lowest BCUT2D eigenvalue weighted by Gasteiger charge is -2.36. The van der Waals surface area contributed by atoms with Crippen LogP contribution in [0.15, 0.2) is 12.7 Å². The molecule has 2 fully saturated rings. The average molecular weight is 485 g/mol. The first-order valence-electron chi connectivity index (χ1n) is 11.6. The SMILES string of the molecule is C=CCNC(=O)C(=O)C(CCCC)NC(=O)[C@@H]1[C@@H]2[C@H](CN1C(=O)[C@@H](N)C(C)(C)C)C2(C)C.Cl. The maximum Gasteiger partial charge on any atom is 0.289 e. The Kier molecular flexibility index (Phi) is 9.70. The van der Waals surface area contributed by atoms with E-state index in [1.165, 1.54) is 6.08 Å². The number of amides is 3. The number of nitrogens with two attached hydrogens (primary N) is 1. The maximum atomic E-state index is 13.4. The van der Waals surface area contributed by atoms with E-state index in [0.717, 1.165) is 6.42 Å². The van der Waals surface area contributed by atoms with Crippen LogP contribution < -0.4 is 16.4 Å². The quantitative estimate of drug-likeness (QED) is 0.322. The van der Waals surface area contributed by atoms with Crippen LogP contribution in [-0.2, 0) is 19.2 Å². The number of carbonyl (C=O) groups is 4. The van der Waals surface area contributed by atoms with Crippen molar-refractivity contribution < 1.29 is 19.2 Å². The molecule has 0 aromatic rings. The Morgan fingerprint density at radius 2 is 1.85 bits per heavy atom. The molecule has 2 rings (SSSR count). The number of hydrogen-bond acceptors (Lipinski definition) is 5. The van der Waals surface area contributed by atoms with Crippen LogP contribution in [0.1, 0.15) is 60.8 Å². The fourth-order valence-electron chi connectivity index (χ4n) is 4.71. The van der Waals surface area contributed by atoms with Crippen molar-refractivity contribution in [1.29, 1.82) is 0 Å². The summed E-state index contributed by atoms with van der Waals surface area (Å²) in [4.78, 5) is 53.1. The lowest BCUT2D eigenvalue weighted by Crippen LogP contribution is -2.59. The zero-order valence-corrected chi connectivity index (χ0v) is 21.6. The second-order valence-electron chi connectivity index (χ2n) is 10.8. The van der Waals surface area contributed by atoms with Crippen molar-refractivity contribution in [3.63, 3.8) is 0 Å². The van der Waals surface area contributed by atoms with Gasteiger partial charge in [0, 0.05) is 13.1 Å². The number of piperidine rings is 1. The first-order chi connectivity index (χ1) is 14.8. The largest absolute Gasteiger partial charge is 0.346 e. The topological polar surface area (TPSA) is 122 Å². The van der Waals surface area contributed by atoms with Crippen LogP contribution in [0.25, 0.3) is 0 Å². The molecular weight excluding hydrogens is 444 g/mol. The number of ketones is 1. The van der Waals surface area contributed by atoms with E-state index in [2.05, 4.69) is 31.1 Å². The summed E-state index contributed by atoms with van der Waals surface area (Å²) < 4.78 is 0. The molecule has 1 saturated carbocycles. The number of fused-ring (bicyclic) bond motifs is 1. The summed E-state index contributed by atoms with van der Waals surface area (Å²) in [6.07, 6.45) is 3.36. The second-order valence-corrected chi connectivity index (χ2v) is 10.8. The predicted molar refractivity (Wildman–Crippen MR) is 131 cm³/mol. The number of unbranched alkanes of at least 4 members (excludes halogenated alkanes) is 1. The highest BCUT2D eigenvalue weighted by atomic mass is 35.5. The molecule has 8 nitrogen and oxygen atoms in total. The van der Waals surface area contributed by atoms with Gasteiger partial charge in [-0.1, -0.05) is 60.5 Å². The molecule has 5 atom stereocenters. The molecule has 0 spiro atoms. The lowest BCUT2D eigenvalue weighted by molar-refractivity contribution is -0.144. The van der Waals surface area contributed by atoms with E-state index in [1.807, 2.05) is 27.7 Å². The van der Waals surface area contributed by atoms with Crippen molar-refractivity contribution in [1.82, 2.24) is 15.5 Å². The monoisotopic (exact) mass is 484 g/mol. The Labute approximate surface area is 203 Å². The molecule has 1 aliphatic heterocycles. The van der Waals surface area contributed by atoms with Gasteiger partial charge in [0.25, 0.3) is 5.91 Å². The molecule has 0 bridgehead atoms. The minimum absolute atomic E-state index is 0. The van der Waals surface area contributed by atoms with Gasteiger partial charge in [0.2, 0.25) is 17.6 Å². The molecule has 1 unspecified atom stereocenters. The van der Waals surface area contributed by atoms with Crippen LogP contribution in [0.3, 0.4) is 0 Å². The van der Waals surface area contributed by atoms with Crippen LogP contribution in [0.2, 0.25) is 0 Å². The van der Waals surface area contributed by atoms with Crippen molar-refractivity contribution in [3.8, 4) is 0 Å². The smallest absolute Gasteiger partial charge is 0.289 e. The summed E-state index contributed by atoms with van der Waals surface area (Å²) in [6, 6.07) is -2.36. The van der Waals surface area contributed by atoms with Gasteiger partial charge in [0.05, 0.1) is 12.1 Å². The molecular formula is C24H41ClN4O4. The number of likely N-dealkylation sites (tertiary alicyclic amines) is 1. The summed E-state index contributed by atoms with van der Waals surface area (Å²) in [6.45, 7) is 16.0. The highest BCUT2D eigenvalue weighted by molar-refractivity contribution is 6.38. The van der Waals surface area contributed by atoms with E-state index in [1.54, 1.807) is 4.90 Å². The molecule has 1 aliphatic carbocycles. The Balaban J connectivity index is 0.00000544. The fraction of sp³-hybridized carbons (Fsp3) is 0.750. The molecule has 33 heavy (non-hydrogen) atoms. The first-order valence-corrected chi connectivity index (χ1v) is 11.6. The molecule has 3 amide bonds. The van der Waals surface area contributed by atoms with Gasteiger partial charge in [0.15, 0.2) is 0 Å². The first kappa shape index (κ1) is 29.1. The van der Waals surface area contributed by atoms with Crippen molar-refractivity contribution >= 4 is 35.9 Å². The van der Waals surface area contributed by atoms with Crippen LogP contribution >= 0.6 is 12.4 Å². The standard InChI is InChI=1S/C24H40N4O4.ClH/c1-8-10-11-15(18(29)21(31)26-12-9-2)27-20(30)17-16-14(24(16,6)7)13-28(17)22(32)19(25)23(3,4)5;/h9,14-17,19H,2,8,10-13,25H2,1,3-7H3,(H,26,31)(H,27,30);1H/t14-,15?,16-,17-,19+;/m0./s1.